The van der Waals surface area contributed by atoms with Crippen LogP contribution in [-0.4, -0.2) is 20.4 Å². The summed E-state index contributed by atoms with van der Waals surface area (Å²) in [5, 5.41) is 0. The van der Waals surface area contributed by atoms with Gasteiger partial charge >= 0.3 is 0 Å². The van der Waals surface area contributed by atoms with E-state index in [1.165, 1.54) is 0 Å². The second-order valence-electron chi connectivity index (χ2n) is 5.26. The Bertz CT molecular complexity index is 557. The maximum atomic E-state index is 5.89. The fourth-order valence-corrected chi connectivity index (χ4v) is 2.31. The maximum absolute atomic E-state index is 5.89. The standard InChI is InChI=1S/C14H20ClN3/c1-5-14(3,4)18-12(8-9-15)17-11-7-6-10(2)16-13(11)18/h6-7H,5,8-9H2,1-4H3. The molecule has 0 unspecified atom stereocenters. The van der Waals surface area contributed by atoms with Crippen LogP contribution in [0.25, 0.3) is 11.2 Å². The molecule has 3 nitrogen and oxygen atoms in total. The molecule has 0 N–H and O–H groups in total. The predicted molar refractivity (Wildman–Crippen MR) is 76.3 cm³/mol. The molecule has 2 rings (SSSR count). The molecule has 0 aliphatic heterocycles. The molecule has 2 aromatic rings. The third-order valence-corrected chi connectivity index (χ3v) is 3.69. The van der Waals surface area contributed by atoms with E-state index in [2.05, 4.69) is 35.3 Å². The number of rotatable bonds is 4. The molecule has 0 saturated heterocycles. The van der Waals surface area contributed by atoms with Gasteiger partial charge in [0, 0.05) is 23.5 Å². The Morgan fingerprint density at radius 1 is 1.28 bits per heavy atom. The SMILES string of the molecule is CCC(C)(C)n1c(CCCl)nc2ccc(C)nc21. The van der Waals surface area contributed by atoms with E-state index in [-0.39, 0.29) is 5.54 Å². The Balaban J connectivity index is 2.72. The van der Waals surface area contributed by atoms with E-state index in [1.54, 1.807) is 0 Å². The molecule has 0 aliphatic carbocycles. The summed E-state index contributed by atoms with van der Waals surface area (Å²) in [4.78, 5) is 9.32. The molecule has 0 aliphatic rings. The number of fused-ring (bicyclic) bond motifs is 1. The van der Waals surface area contributed by atoms with Gasteiger partial charge in [-0.25, -0.2) is 9.97 Å². The maximum Gasteiger partial charge on any atom is 0.160 e. The van der Waals surface area contributed by atoms with Crippen LogP contribution in [0.3, 0.4) is 0 Å². The summed E-state index contributed by atoms with van der Waals surface area (Å²) in [6.07, 6.45) is 1.81. The van der Waals surface area contributed by atoms with Crippen molar-refractivity contribution in [3.05, 3.63) is 23.7 Å². The van der Waals surface area contributed by atoms with Crippen molar-refractivity contribution in [3.8, 4) is 0 Å². The molecular formula is C14H20ClN3. The number of hydrogen-bond acceptors (Lipinski definition) is 2. The van der Waals surface area contributed by atoms with Crippen molar-refractivity contribution in [2.75, 3.05) is 5.88 Å². The Hall–Kier alpha value is -1.09. The molecule has 2 heterocycles. The number of pyridine rings is 1. The summed E-state index contributed by atoms with van der Waals surface area (Å²) in [6, 6.07) is 4.04. The fourth-order valence-electron chi connectivity index (χ4n) is 2.15. The number of alkyl halides is 1. The van der Waals surface area contributed by atoms with Gasteiger partial charge < -0.3 is 4.57 Å². The smallest absolute Gasteiger partial charge is 0.160 e. The Morgan fingerprint density at radius 3 is 2.61 bits per heavy atom. The zero-order valence-electron chi connectivity index (χ0n) is 11.5. The highest BCUT2D eigenvalue weighted by Crippen LogP contribution is 2.27. The van der Waals surface area contributed by atoms with Gasteiger partial charge in [-0.1, -0.05) is 6.92 Å². The first-order chi connectivity index (χ1) is 8.49. The Morgan fingerprint density at radius 2 is 2.00 bits per heavy atom. The van der Waals surface area contributed by atoms with Gasteiger partial charge in [-0.15, -0.1) is 11.6 Å². The van der Waals surface area contributed by atoms with Gasteiger partial charge in [-0.3, -0.25) is 0 Å². The van der Waals surface area contributed by atoms with Crippen LogP contribution in [0.15, 0.2) is 12.1 Å². The van der Waals surface area contributed by atoms with Crippen molar-refractivity contribution in [1.82, 2.24) is 14.5 Å². The lowest BCUT2D eigenvalue weighted by Crippen LogP contribution is -2.27. The number of nitrogens with zero attached hydrogens (tertiary/aromatic N) is 3. The lowest BCUT2D eigenvalue weighted by atomic mass is 10.0. The molecule has 0 saturated carbocycles. The third kappa shape index (κ3) is 2.24. The highest BCUT2D eigenvalue weighted by atomic mass is 35.5. The van der Waals surface area contributed by atoms with Crippen LogP contribution >= 0.6 is 11.6 Å². The molecule has 0 spiro atoms. The molecule has 0 bridgehead atoms. The molecule has 0 amide bonds. The Labute approximate surface area is 113 Å². The number of halogens is 1. The van der Waals surface area contributed by atoms with E-state index >= 15 is 0 Å². The van der Waals surface area contributed by atoms with E-state index in [0.29, 0.717) is 5.88 Å². The summed E-state index contributed by atoms with van der Waals surface area (Å²) in [5.41, 5.74) is 2.97. The second kappa shape index (κ2) is 4.88. The van der Waals surface area contributed by atoms with Crippen molar-refractivity contribution in [2.45, 2.75) is 46.1 Å². The van der Waals surface area contributed by atoms with Crippen LogP contribution in [0.4, 0.5) is 0 Å². The summed E-state index contributed by atoms with van der Waals surface area (Å²) >= 11 is 5.89. The van der Waals surface area contributed by atoms with Gasteiger partial charge in [0.15, 0.2) is 5.65 Å². The van der Waals surface area contributed by atoms with Crippen LogP contribution in [0.1, 0.15) is 38.7 Å². The number of imidazole rings is 1. The first-order valence-electron chi connectivity index (χ1n) is 6.41. The molecule has 0 fully saturated rings. The molecule has 2 aromatic heterocycles. The minimum absolute atomic E-state index is 0.0108. The molecule has 18 heavy (non-hydrogen) atoms. The van der Waals surface area contributed by atoms with Crippen LogP contribution in [0, 0.1) is 6.92 Å². The van der Waals surface area contributed by atoms with E-state index in [1.807, 2.05) is 19.1 Å². The van der Waals surface area contributed by atoms with Crippen molar-refractivity contribution < 1.29 is 0 Å². The van der Waals surface area contributed by atoms with Gasteiger partial charge in [0.05, 0.1) is 0 Å². The van der Waals surface area contributed by atoms with Crippen molar-refractivity contribution in [1.29, 1.82) is 0 Å². The zero-order chi connectivity index (χ0) is 13.3. The van der Waals surface area contributed by atoms with Crippen LogP contribution in [-0.2, 0) is 12.0 Å². The van der Waals surface area contributed by atoms with Gasteiger partial charge in [-0.2, -0.15) is 0 Å². The normalized spacial score (nSPS) is 12.3. The monoisotopic (exact) mass is 265 g/mol. The third-order valence-electron chi connectivity index (χ3n) is 3.50. The van der Waals surface area contributed by atoms with E-state index in [4.69, 9.17) is 11.6 Å². The zero-order valence-corrected chi connectivity index (χ0v) is 12.3. The molecule has 4 heteroatoms. The topological polar surface area (TPSA) is 30.7 Å². The molecule has 0 aromatic carbocycles. The average Bonchev–Trinajstić information content (AvgIpc) is 2.67. The van der Waals surface area contributed by atoms with E-state index in [9.17, 15) is 0 Å². The van der Waals surface area contributed by atoms with Gasteiger partial charge in [-0.05, 0) is 39.3 Å². The lowest BCUT2D eigenvalue weighted by molar-refractivity contribution is 0.340. The number of aromatic nitrogens is 3. The van der Waals surface area contributed by atoms with Crippen molar-refractivity contribution >= 4 is 22.8 Å². The largest absolute Gasteiger partial charge is 0.307 e. The second-order valence-corrected chi connectivity index (χ2v) is 5.64. The minimum atomic E-state index is 0.0108. The van der Waals surface area contributed by atoms with Crippen LogP contribution in [0.2, 0.25) is 0 Å². The van der Waals surface area contributed by atoms with E-state index in [0.717, 1.165) is 35.5 Å². The van der Waals surface area contributed by atoms with Crippen LogP contribution < -0.4 is 0 Å². The van der Waals surface area contributed by atoms with Crippen molar-refractivity contribution in [3.63, 3.8) is 0 Å². The van der Waals surface area contributed by atoms with Crippen LogP contribution in [0.5, 0.6) is 0 Å². The predicted octanol–water partition coefficient (Wildman–Crippen LogP) is 3.67. The van der Waals surface area contributed by atoms with Gasteiger partial charge in [0.2, 0.25) is 0 Å². The van der Waals surface area contributed by atoms with Crippen molar-refractivity contribution in [2.24, 2.45) is 0 Å². The molecular weight excluding hydrogens is 246 g/mol. The van der Waals surface area contributed by atoms with Gasteiger partial charge in [0.25, 0.3) is 0 Å². The quantitative estimate of drug-likeness (QED) is 0.790. The summed E-state index contributed by atoms with van der Waals surface area (Å²) in [6.45, 7) is 8.63. The molecule has 98 valence electrons. The first-order valence-corrected chi connectivity index (χ1v) is 6.94. The highest BCUT2D eigenvalue weighted by molar-refractivity contribution is 6.17. The molecule has 0 radical (unpaired) electrons. The minimum Gasteiger partial charge on any atom is -0.307 e. The Kier molecular flexibility index (Phi) is 3.62. The number of aryl methyl sites for hydroxylation is 2. The number of hydrogen-bond donors (Lipinski definition) is 0. The van der Waals surface area contributed by atoms with E-state index < -0.39 is 0 Å². The van der Waals surface area contributed by atoms with Gasteiger partial charge in [0.1, 0.15) is 11.3 Å². The lowest BCUT2D eigenvalue weighted by Gasteiger charge is -2.27. The average molecular weight is 266 g/mol. The highest BCUT2D eigenvalue weighted by Gasteiger charge is 2.24. The first kappa shape index (κ1) is 13.3. The fraction of sp³-hybridized carbons (Fsp3) is 0.571. The summed E-state index contributed by atoms with van der Waals surface area (Å²) in [7, 11) is 0. The molecule has 0 atom stereocenters. The summed E-state index contributed by atoms with van der Waals surface area (Å²) in [5.74, 6) is 1.62. The summed E-state index contributed by atoms with van der Waals surface area (Å²) < 4.78 is 2.25.